The van der Waals surface area contributed by atoms with Crippen LogP contribution in [0.25, 0.3) is 5.00 Å². The molecule has 1 unspecified atom stereocenters. The first-order valence-electron chi connectivity index (χ1n) is 19.0. The lowest BCUT2D eigenvalue weighted by atomic mass is 9.99. The number of benzene rings is 3. The molecule has 59 heavy (non-hydrogen) atoms. The van der Waals surface area contributed by atoms with Gasteiger partial charge < -0.3 is 15.5 Å². The number of halogens is 1. The molecule has 6 heterocycles. The lowest BCUT2D eigenvalue weighted by Gasteiger charge is -2.27. The number of aliphatic imine (C=N–C) groups is 1. The number of anilines is 2. The number of carbonyl (C=O) groups is 6. The van der Waals surface area contributed by atoms with Crippen molar-refractivity contribution in [2.75, 3.05) is 23.7 Å². The van der Waals surface area contributed by atoms with E-state index in [2.05, 4.69) is 40.0 Å². The van der Waals surface area contributed by atoms with Crippen LogP contribution in [0.1, 0.15) is 95.2 Å². The van der Waals surface area contributed by atoms with Gasteiger partial charge in [-0.1, -0.05) is 35.9 Å². The molecule has 1 saturated heterocycles. The zero-order valence-corrected chi connectivity index (χ0v) is 33.7. The van der Waals surface area contributed by atoms with Gasteiger partial charge in [0.25, 0.3) is 17.7 Å². The van der Waals surface area contributed by atoms with Crippen molar-refractivity contribution < 1.29 is 28.8 Å². The molecular weight excluding hydrogens is 794 g/mol. The number of rotatable bonds is 9. The maximum Gasteiger partial charge on any atom is 0.264 e. The highest BCUT2D eigenvalue weighted by Gasteiger charge is 2.45. The van der Waals surface area contributed by atoms with Gasteiger partial charge in [-0.25, -0.2) is 0 Å². The van der Waals surface area contributed by atoms with Crippen molar-refractivity contribution in [2.45, 2.75) is 58.7 Å². The van der Waals surface area contributed by atoms with Gasteiger partial charge in [-0.05, 0) is 74.7 Å². The summed E-state index contributed by atoms with van der Waals surface area (Å²) >= 11 is 7.88. The number of nitrogens with one attached hydrogen (secondary N) is 3. The van der Waals surface area contributed by atoms with Crippen molar-refractivity contribution in [3.05, 3.63) is 121 Å². The van der Waals surface area contributed by atoms with Gasteiger partial charge in [0.2, 0.25) is 17.7 Å². The second-order valence-corrected chi connectivity index (χ2v) is 16.5. The zero-order chi connectivity index (χ0) is 41.3. The van der Waals surface area contributed by atoms with Gasteiger partial charge in [0.05, 0.1) is 23.3 Å². The van der Waals surface area contributed by atoms with E-state index in [4.69, 9.17) is 16.6 Å². The molecule has 2 atom stereocenters. The van der Waals surface area contributed by atoms with Crippen molar-refractivity contribution in [1.29, 1.82) is 0 Å². The number of hydrogen-bond donors (Lipinski definition) is 3. The van der Waals surface area contributed by atoms with Gasteiger partial charge in [-0.15, -0.1) is 21.5 Å². The number of carbonyl (C=O) groups excluding carboxylic acids is 6. The Kier molecular flexibility index (Phi) is 9.47. The molecule has 3 aromatic carbocycles. The molecule has 4 aliphatic rings. The molecule has 6 amide bonds. The van der Waals surface area contributed by atoms with Crippen molar-refractivity contribution in [1.82, 2.24) is 29.9 Å². The number of fused-ring (bicyclic) bond motifs is 5. The van der Waals surface area contributed by atoms with Crippen LogP contribution in [-0.2, 0) is 20.9 Å². The highest BCUT2D eigenvalue weighted by atomic mass is 35.5. The first-order valence-corrected chi connectivity index (χ1v) is 20.2. The quantitative estimate of drug-likeness (QED) is 0.166. The minimum atomic E-state index is -1.07. The SMILES string of the molecule is Cc1sc2c(c1C)C(c1ccc(Cl)cc1)=N[C@@H](CC(=O)Nc1ccc3c(c1)C(=O)N(CCNc1cccc4c1C(=O)N(C1CCC(=O)NC1=O)C4=O)C3)c1nnc(C)n1-2. The van der Waals surface area contributed by atoms with E-state index in [0.717, 1.165) is 42.7 Å². The Morgan fingerprint density at radius 3 is 2.51 bits per heavy atom. The van der Waals surface area contributed by atoms with Crippen LogP contribution in [0.3, 0.4) is 0 Å². The van der Waals surface area contributed by atoms with Crippen LogP contribution in [0.2, 0.25) is 5.02 Å². The second kappa shape index (κ2) is 14.7. The Labute approximate surface area is 346 Å². The number of aromatic nitrogens is 3. The van der Waals surface area contributed by atoms with Crippen LogP contribution in [0.15, 0.2) is 65.7 Å². The molecule has 0 radical (unpaired) electrons. The van der Waals surface area contributed by atoms with Crippen LogP contribution >= 0.6 is 22.9 Å². The molecular formula is C42H36ClN9O6S. The van der Waals surface area contributed by atoms with Gasteiger partial charge in [0.15, 0.2) is 5.82 Å². The van der Waals surface area contributed by atoms with Crippen LogP contribution in [0.4, 0.5) is 11.4 Å². The second-order valence-electron chi connectivity index (χ2n) is 14.9. The van der Waals surface area contributed by atoms with Crippen LogP contribution in [0.5, 0.6) is 0 Å². The number of amides is 6. The standard InChI is InChI=1S/C42H36ClN9O6S/c1-20-21(2)59-42-34(20)36(23-7-10-25(43)11-8-23)46-30(37-49-48-22(3)51(37)42)18-33(54)45-26-12-9-24-19-50(39(56)28(24)17-26)16-15-44-29-6-4-5-27-35(29)41(58)52(40(27)57)31-13-14-32(53)47-38(31)55/h4-12,17,30-31,44H,13-16,18-19H2,1-3H3,(H,45,54)(H,47,53,55)/t30-,31?/m0/s1. The summed E-state index contributed by atoms with van der Waals surface area (Å²) in [5.74, 6) is -1.63. The van der Waals surface area contributed by atoms with Gasteiger partial charge >= 0.3 is 0 Å². The minimum absolute atomic E-state index is 0.0259. The van der Waals surface area contributed by atoms with Gasteiger partial charge in [0, 0.05) is 64.0 Å². The Bertz CT molecular complexity index is 2700. The van der Waals surface area contributed by atoms with E-state index in [0.29, 0.717) is 40.2 Å². The van der Waals surface area contributed by atoms with E-state index < -0.39 is 35.7 Å². The van der Waals surface area contributed by atoms with E-state index in [1.165, 1.54) is 6.07 Å². The maximum absolute atomic E-state index is 13.8. The van der Waals surface area contributed by atoms with Crippen molar-refractivity contribution in [3.8, 4) is 5.00 Å². The van der Waals surface area contributed by atoms with E-state index >= 15 is 0 Å². The fourth-order valence-electron chi connectivity index (χ4n) is 8.13. The Morgan fingerprint density at radius 1 is 0.932 bits per heavy atom. The van der Waals surface area contributed by atoms with Crippen LogP contribution in [0, 0.1) is 20.8 Å². The molecule has 3 N–H and O–H groups in total. The molecule has 9 rings (SSSR count). The molecule has 4 aliphatic heterocycles. The predicted molar refractivity (Wildman–Crippen MR) is 219 cm³/mol. The van der Waals surface area contributed by atoms with Gasteiger partial charge in [-0.3, -0.25) is 48.5 Å². The van der Waals surface area contributed by atoms with Crippen LogP contribution in [-0.4, -0.2) is 84.9 Å². The van der Waals surface area contributed by atoms with Crippen molar-refractivity contribution >= 4 is 75.5 Å². The molecule has 0 bridgehead atoms. The number of thiophene rings is 1. The number of imide groups is 2. The number of nitrogens with zero attached hydrogens (tertiary/aromatic N) is 6. The van der Waals surface area contributed by atoms with Crippen molar-refractivity contribution in [2.24, 2.45) is 4.99 Å². The van der Waals surface area contributed by atoms with Gasteiger partial charge in [0.1, 0.15) is 22.9 Å². The van der Waals surface area contributed by atoms with Gasteiger partial charge in [-0.2, -0.15) is 0 Å². The molecule has 5 aromatic rings. The first kappa shape index (κ1) is 38.0. The third-order valence-electron chi connectivity index (χ3n) is 11.2. The Morgan fingerprint density at radius 2 is 1.73 bits per heavy atom. The summed E-state index contributed by atoms with van der Waals surface area (Å²) in [5.41, 5.74) is 6.09. The molecule has 0 saturated carbocycles. The molecule has 15 nitrogen and oxygen atoms in total. The fourth-order valence-corrected chi connectivity index (χ4v) is 9.47. The number of hydrogen-bond acceptors (Lipinski definition) is 11. The molecule has 0 aliphatic carbocycles. The molecule has 17 heteroatoms. The lowest BCUT2D eigenvalue weighted by Crippen LogP contribution is -2.54. The minimum Gasteiger partial charge on any atom is -0.383 e. The highest BCUT2D eigenvalue weighted by molar-refractivity contribution is 7.15. The Hall–Kier alpha value is -6.52. The largest absolute Gasteiger partial charge is 0.383 e. The topological polar surface area (TPSA) is 188 Å². The average molecular weight is 830 g/mol. The summed E-state index contributed by atoms with van der Waals surface area (Å²) < 4.78 is 1.99. The molecule has 1 fully saturated rings. The van der Waals surface area contributed by atoms with Crippen molar-refractivity contribution in [3.63, 3.8) is 0 Å². The Balaban J connectivity index is 0.880. The number of piperidine rings is 1. The summed E-state index contributed by atoms with van der Waals surface area (Å²) in [5, 5.41) is 18.8. The number of aryl methyl sites for hydroxylation is 2. The summed E-state index contributed by atoms with van der Waals surface area (Å²) in [6, 6.07) is 15.8. The lowest BCUT2D eigenvalue weighted by molar-refractivity contribution is -0.136. The normalized spacial score (nSPS) is 18.2. The zero-order valence-electron chi connectivity index (χ0n) is 32.1. The monoisotopic (exact) mass is 829 g/mol. The van der Waals surface area contributed by atoms with Crippen LogP contribution < -0.4 is 16.0 Å². The average Bonchev–Trinajstić information content (AvgIpc) is 3.88. The first-order chi connectivity index (χ1) is 28.4. The smallest absolute Gasteiger partial charge is 0.264 e. The maximum atomic E-state index is 13.8. The highest BCUT2D eigenvalue weighted by Crippen LogP contribution is 2.40. The summed E-state index contributed by atoms with van der Waals surface area (Å²) in [6.45, 7) is 6.90. The summed E-state index contributed by atoms with van der Waals surface area (Å²) in [4.78, 5) is 87.2. The molecule has 298 valence electrons. The predicted octanol–water partition coefficient (Wildman–Crippen LogP) is 5.30. The third kappa shape index (κ3) is 6.57. The van der Waals surface area contributed by atoms with E-state index in [-0.39, 0.29) is 55.3 Å². The molecule has 2 aromatic heterocycles. The molecule has 0 spiro atoms. The summed E-state index contributed by atoms with van der Waals surface area (Å²) in [6.07, 6.45) is 0.0500. The van der Waals surface area contributed by atoms with E-state index in [1.54, 1.807) is 40.5 Å². The van der Waals surface area contributed by atoms with E-state index in [9.17, 15) is 28.8 Å². The third-order valence-corrected chi connectivity index (χ3v) is 12.6. The van der Waals surface area contributed by atoms with E-state index in [1.807, 2.05) is 41.8 Å². The summed E-state index contributed by atoms with van der Waals surface area (Å²) in [7, 11) is 0. The fraction of sp³-hybridized carbons (Fsp3) is 0.262.